The monoisotopic (exact) mass is 230 g/mol. The van der Waals surface area contributed by atoms with Gasteiger partial charge in [0.1, 0.15) is 0 Å². The molecule has 0 spiro atoms. The molecule has 0 saturated carbocycles. The Balaban J connectivity index is 2.98. The van der Waals surface area contributed by atoms with E-state index in [1.54, 1.807) is 6.20 Å². The molecule has 1 aromatic carbocycles. The number of hydrazine groups is 1. The van der Waals surface area contributed by atoms with Crippen LogP contribution in [0.5, 0.6) is 0 Å². The molecule has 0 aliphatic heterocycles. The van der Waals surface area contributed by atoms with Crippen LogP contribution in [-0.2, 0) is 5.41 Å². The highest BCUT2D eigenvalue weighted by atomic mass is 15.2. The Hall–Kier alpha value is -1.54. The Labute approximate surface area is 104 Å². The van der Waals surface area contributed by atoms with Gasteiger partial charge in [-0.3, -0.25) is 5.84 Å². The van der Waals surface area contributed by atoms with Crippen LogP contribution in [0.3, 0.4) is 0 Å². The molecule has 0 unspecified atom stereocenters. The average Bonchev–Trinajstić information content (AvgIpc) is 2.29. The minimum Gasteiger partial charge on any atom is -0.331 e. The Morgan fingerprint density at radius 2 is 1.76 bits per heavy atom. The number of rotatable bonds is 3. The summed E-state index contributed by atoms with van der Waals surface area (Å²) in [4.78, 5) is 0. The smallest absolute Gasteiger partial charge is 0.0129 e. The number of hydrogen-bond donors (Lipinski definition) is 2. The van der Waals surface area contributed by atoms with Gasteiger partial charge in [-0.15, -0.1) is 0 Å². The standard InChI is InChI=1S/C15H22N2/c1-5-12(10-11-17-16)13-6-8-14(9-7-13)15(2,3)4/h5-11,17H,16H2,1-4H3/b11-10-,12-5+. The predicted molar refractivity (Wildman–Crippen MR) is 75.3 cm³/mol. The average molecular weight is 230 g/mol. The van der Waals surface area contributed by atoms with E-state index in [0.29, 0.717) is 0 Å². The van der Waals surface area contributed by atoms with Crippen LogP contribution >= 0.6 is 0 Å². The van der Waals surface area contributed by atoms with Gasteiger partial charge in [-0.2, -0.15) is 0 Å². The summed E-state index contributed by atoms with van der Waals surface area (Å²) >= 11 is 0. The summed E-state index contributed by atoms with van der Waals surface area (Å²) in [6.45, 7) is 8.68. The van der Waals surface area contributed by atoms with Gasteiger partial charge in [-0.1, -0.05) is 51.1 Å². The van der Waals surface area contributed by atoms with E-state index in [2.05, 4.69) is 56.5 Å². The van der Waals surface area contributed by atoms with Gasteiger partial charge in [0.2, 0.25) is 0 Å². The molecule has 0 fully saturated rings. The summed E-state index contributed by atoms with van der Waals surface area (Å²) < 4.78 is 0. The fourth-order valence-corrected chi connectivity index (χ4v) is 1.66. The fraction of sp³-hybridized carbons (Fsp3) is 0.333. The van der Waals surface area contributed by atoms with E-state index in [1.807, 2.05) is 13.0 Å². The van der Waals surface area contributed by atoms with Gasteiger partial charge in [0.25, 0.3) is 0 Å². The number of hydrogen-bond acceptors (Lipinski definition) is 2. The summed E-state index contributed by atoms with van der Waals surface area (Å²) in [6, 6.07) is 8.67. The summed E-state index contributed by atoms with van der Waals surface area (Å²) in [7, 11) is 0. The molecule has 2 heteroatoms. The van der Waals surface area contributed by atoms with Crippen molar-refractivity contribution in [1.29, 1.82) is 0 Å². The van der Waals surface area contributed by atoms with Crippen LogP contribution < -0.4 is 11.3 Å². The van der Waals surface area contributed by atoms with Crippen LogP contribution in [0.25, 0.3) is 5.57 Å². The van der Waals surface area contributed by atoms with E-state index in [1.165, 1.54) is 11.1 Å². The molecule has 17 heavy (non-hydrogen) atoms. The maximum absolute atomic E-state index is 5.23. The molecule has 0 saturated heterocycles. The van der Waals surface area contributed by atoms with Gasteiger partial charge in [-0.05, 0) is 35.1 Å². The zero-order chi connectivity index (χ0) is 12.9. The molecule has 92 valence electrons. The molecule has 0 aromatic heterocycles. The molecule has 0 aliphatic carbocycles. The van der Waals surface area contributed by atoms with Crippen LogP contribution in [0.15, 0.2) is 42.6 Å². The fourth-order valence-electron chi connectivity index (χ4n) is 1.66. The lowest BCUT2D eigenvalue weighted by molar-refractivity contribution is 0.590. The van der Waals surface area contributed by atoms with Crippen molar-refractivity contribution in [2.45, 2.75) is 33.1 Å². The quantitative estimate of drug-likeness (QED) is 0.474. The van der Waals surface area contributed by atoms with Gasteiger partial charge in [-0.25, -0.2) is 0 Å². The van der Waals surface area contributed by atoms with E-state index >= 15 is 0 Å². The first-order valence-corrected chi connectivity index (χ1v) is 5.89. The minimum absolute atomic E-state index is 0.198. The van der Waals surface area contributed by atoms with Crippen molar-refractivity contribution in [3.63, 3.8) is 0 Å². The summed E-state index contributed by atoms with van der Waals surface area (Å²) in [6.07, 6.45) is 5.76. The van der Waals surface area contributed by atoms with Crippen molar-refractivity contribution in [2.75, 3.05) is 0 Å². The third-order valence-electron chi connectivity index (χ3n) is 2.75. The van der Waals surface area contributed by atoms with Crippen molar-refractivity contribution >= 4 is 5.57 Å². The molecule has 1 aromatic rings. The number of nitrogens with one attached hydrogen (secondary N) is 1. The lowest BCUT2D eigenvalue weighted by atomic mass is 9.86. The van der Waals surface area contributed by atoms with Crippen LogP contribution in [-0.4, -0.2) is 0 Å². The summed E-state index contributed by atoms with van der Waals surface area (Å²) in [5, 5.41) is 0. The van der Waals surface area contributed by atoms with E-state index in [-0.39, 0.29) is 5.41 Å². The molecule has 2 nitrogen and oxygen atoms in total. The molecule has 0 heterocycles. The SMILES string of the molecule is C/C=C(\C=C/NN)c1ccc(C(C)(C)C)cc1. The number of allylic oxidation sites excluding steroid dienone is 3. The van der Waals surface area contributed by atoms with Crippen molar-refractivity contribution in [2.24, 2.45) is 5.84 Å². The zero-order valence-corrected chi connectivity index (χ0v) is 11.1. The second-order valence-corrected chi connectivity index (χ2v) is 5.07. The van der Waals surface area contributed by atoms with Gasteiger partial charge >= 0.3 is 0 Å². The highest BCUT2D eigenvalue weighted by molar-refractivity contribution is 5.73. The third-order valence-corrected chi connectivity index (χ3v) is 2.75. The first-order valence-electron chi connectivity index (χ1n) is 5.89. The molecular weight excluding hydrogens is 208 g/mol. The zero-order valence-electron chi connectivity index (χ0n) is 11.1. The van der Waals surface area contributed by atoms with Crippen molar-refractivity contribution in [3.8, 4) is 0 Å². The largest absolute Gasteiger partial charge is 0.331 e. The first-order chi connectivity index (χ1) is 7.99. The van der Waals surface area contributed by atoms with Gasteiger partial charge < -0.3 is 5.43 Å². The maximum Gasteiger partial charge on any atom is 0.0129 e. The van der Waals surface area contributed by atoms with Crippen molar-refractivity contribution in [1.82, 2.24) is 5.43 Å². The Morgan fingerprint density at radius 3 is 2.18 bits per heavy atom. The molecule has 0 amide bonds. The molecule has 3 N–H and O–H groups in total. The van der Waals surface area contributed by atoms with Crippen LogP contribution in [0.1, 0.15) is 38.8 Å². The van der Waals surface area contributed by atoms with E-state index in [0.717, 1.165) is 5.57 Å². The number of benzene rings is 1. The maximum atomic E-state index is 5.23. The number of nitrogens with two attached hydrogens (primary N) is 1. The predicted octanol–water partition coefficient (Wildman–Crippen LogP) is 3.36. The van der Waals surface area contributed by atoms with Crippen LogP contribution in [0.2, 0.25) is 0 Å². The van der Waals surface area contributed by atoms with Crippen LogP contribution in [0, 0.1) is 0 Å². The van der Waals surface area contributed by atoms with Gasteiger partial charge in [0.05, 0.1) is 0 Å². The van der Waals surface area contributed by atoms with Crippen LogP contribution in [0.4, 0.5) is 0 Å². The van der Waals surface area contributed by atoms with Gasteiger partial charge in [0.15, 0.2) is 0 Å². The van der Waals surface area contributed by atoms with Crippen molar-refractivity contribution in [3.05, 3.63) is 53.7 Å². The Morgan fingerprint density at radius 1 is 1.18 bits per heavy atom. The summed E-state index contributed by atoms with van der Waals surface area (Å²) in [5.41, 5.74) is 6.42. The molecule has 0 aliphatic rings. The highest BCUT2D eigenvalue weighted by Crippen LogP contribution is 2.24. The third kappa shape index (κ3) is 3.75. The van der Waals surface area contributed by atoms with E-state index in [4.69, 9.17) is 5.84 Å². The van der Waals surface area contributed by atoms with Crippen molar-refractivity contribution < 1.29 is 0 Å². The Kier molecular flexibility index (Phi) is 4.53. The molecule has 0 radical (unpaired) electrons. The summed E-state index contributed by atoms with van der Waals surface area (Å²) in [5.74, 6) is 5.23. The molecule has 1 rings (SSSR count). The normalized spacial score (nSPS) is 13.1. The first kappa shape index (κ1) is 13.5. The molecule has 0 atom stereocenters. The highest BCUT2D eigenvalue weighted by Gasteiger charge is 2.12. The topological polar surface area (TPSA) is 38.0 Å². The lowest BCUT2D eigenvalue weighted by Gasteiger charge is -2.19. The molecular formula is C15H22N2. The second kappa shape index (κ2) is 5.69. The van der Waals surface area contributed by atoms with E-state index in [9.17, 15) is 0 Å². The Bertz CT molecular complexity index is 406. The second-order valence-electron chi connectivity index (χ2n) is 5.07. The minimum atomic E-state index is 0.198. The molecule has 0 bridgehead atoms. The lowest BCUT2D eigenvalue weighted by Crippen LogP contribution is -2.12. The van der Waals surface area contributed by atoms with E-state index < -0.39 is 0 Å². The van der Waals surface area contributed by atoms with Gasteiger partial charge in [0, 0.05) is 6.20 Å².